The lowest BCUT2D eigenvalue weighted by molar-refractivity contribution is -0.144. The number of benzene rings is 2. The number of nitrogens with one attached hydrogen (secondary N) is 1. The maximum atomic E-state index is 13.3. The van der Waals surface area contributed by atoms with Crippen LogP contribution in [0.4, 0.5) is 11.4 Å². The van der Waals surface area contributed by atoms with Crippen molar-refractivity contribution >= 4 is 56.0 Å². The standard InChI is InChI=1S/C24H25N5O5S/c1-5-20-19(23(30)29(25-20)17-12-10-16(11-13-17)27-35(4,32)33)14-21-18-8-6-7-9-22(18)28(26-21)15(2)24(31)34-3/h6-15,27H,5H2,1-4H3/b19-14-. The Morgan fingerprint density at radius 2 is 1.86 bits per heavy atom. The van der Waals surface area contributed by atoms with Gasteiger partial charge in [-0.3, -0.25) is 14.2 Å². The van der Waals surface area contributed by atoms with E-state index >= 15 is 0 Å². The zero-order chi connectivity index (χ0) is 25.3. The van der Waals surface area contributed by atoms with E-state index in [0.717, 1.165) is 17.2 Å². The van der Waals surface area contributed by atoms with Gasteiger partial charge in [-0.25, -0.2) is 13.2 Å². The number of amides is 1. The van der Waals surface area contributed by atoms with Gasteiger partial charge >= 0.3 is 5.97 Å². The second kappa shape index (κ2) is 9.34. The van der Waals surface area contributed by atoms with Crippen LogP contribution >= 0.6 is 0 Å². The number of ether oxygens (including phenoxy) is 1. The molecule has 0 spiro atoms. The van der Waals surface area contributed by atoms with Crippen molar-refractivity contribution in [1.29, 1.82) is 0 Å². The van der Waals surface area contributed by atoms with Gasteiger partial charge in [0, 0.05) is 11.1 Å². The van der Waals surface area contributed by atoms with E-state index in [2.05, 4.69) is 14.9 Å². The number of aromatic nitrogens is 2. The summed E-state index contributed by atoms with van der Waals surface area (Å²) in [6, 6.07) is 13.2. The summed E-state index contributed by atoms with van der Waals surface area (Å²) in [7, 11) is -2.08. The number of hydrogen-bond acceptors (Lipinski definition) is 7. The highest BCUT2D eigenvalue weighted by Gasteiger charge is 2.31. The molecule has 1 atom stereocenters. The number of nitrogens with zero attached hydrogens (tertiary/aromatic N) is 4. The molecule has 0 fully saturated rings. The third-order valence-electron chi connectivity index (χ3n) is 5.54. The Morgan fingerprint density at radius 3 is 2.49 bits per heavy atom. The second-order valence-corrected chi connectivity index (χ2v) is 9.79. The van der Waals surface area contributed by atoms with Crippen LogP contribution in [0.2, 0.25) is 0 Å². The van der Waals surface area contributed by atoms with Gasteiger partial charge in [-0.2, -0.15) is 15.2 Å². The number of esters is 1. The number of anilines is 2. The van der Waals surface area contributed by atoms with Gasteiger partial charge in [0.05, 0.1) is 41.5 Å². The van der Waals surface area contributed by atoms with E-state index in [9.17, 15) is 18.0 Å². The van der Waals surface area contributed by atoms with Gasteiger partial charge in [-0.1, -0.05) is 25.1 Å². The minimum Gasteiger partial charge on any atom is -0.467 e. The van der Waals surface area contributed by atoms with Crippen molar-refractivity contribution in [2.75, 3.05) is 23.1 Å². The van der Waals surface area contributed by atoms with Crippen molar-refractivity contribution in [2.45, 2.75) is 26.3 Å². The number of fused-ring (bicyclic) bond motifs is 1. The van der Waals surface area contributed by atoms with E-state index in [4.69, 9.17) is 4.74 Å². The number of hydrazone groups is 1. The molecule has 1 aliphatic rings. The lowest BCUT2D eigenvalue weighted by atomic mass is 10.1. The van der Waals surface area contributed by atoms with Crippen molar-refractivity contribution in [3.8, 4) is 0 Å². The van der Waals surface area contributed by atoms with E-state index in [1.165, 1.54) is 12.1 Å². The zero-order valence-electron chi connectivity index (χ0n) is 19.7. The first-order valence-corrected chi connectivity index (χ1v) is 12.8. The summed E-state index contributed by atoms with van der Waals surface area (Å²) in [5, 5.41) is 11.2. The molecular weight excluding hydrogens is 470 g/mol. The van der Waals surface area contributed by atoms with E-state index in [0.29, 0.717) is 34.8 Å². The summed E-state index contributed by atoms with van der Waals surface area (Å²) in [5.74, 6) is -0.754. The molecule has 2 heterocycles. The minimum absolute atomic E-state index is 0.328. The molecule has 1 aromatic heterocycles. The van der Waals surface area contributed by atoms with Crippen molar-refractivity contribution in [1.82, 2.24) is 9.78 Å². The van der Waals surface area contributed by atoms with Crippen LogP contribution < -0.4 is 9.73 Å². The van der Waals surface area contributed by atoms with Gasteiger partial charge in [0.15, 0.2) is 0 Å². The number of rotatable bonds is 7. The highest BCUT2D eigenvalue weighted by molar-refractivity contribution is 7.92. The molecule has 2 aromatic carbocycles. The molecule has 4 rings (SSSR count). The molecule has 1 amide bonds. The maximum absolute atomic E-state index is 13.3. The molecule has 0 radical (unpaired) electrons. The Bertz CT molecular complexity index is 1470. The molecule has 35 heavy (non-hydrogen) atoms. The third kappa shape index (κ3) is 4.80. The molecule has 0 saturated carbocycles. The SMILES string of the molecule is CCC1=NN(c2ccc(NS(C)(=O)=O)cc2)C(=O)/C1=C\c1nn(C(C)C(=O)OC)c2ccccc12. The van der Waals surface area contributed by atoms with E-state index in [1.54, 1.807) is 41.9 Å². The normalized spacial score (nSPS) is 16.0. The third-order valence-corrected chi connectivity index (χ3v) is 6.14. The summed E-state index contributed by atoms with van der Waals surface area (Å²) >= 11 is 0. The lowest BCUT2D eigenvalue weighted by Gasteiger charge is -2.12. The Balaban J connectivity index is 1.71. The molecule has 11 heteroatoms. The Kier molecular flexibility index (Phi) is 6.44. The van der Waals surface area contributed by atoms with Crippen LogP contribution in [0.25, 0.3) is 17.0 Å². The number of sulfonamides is 1. The first-order chi connectivity index (χ1) is 16.6. The molecule has 3 aromatic rings. The summed E-state index contributed by atoms with van der Waals surface area (Å²) in [6.45, 7) is 3.60. The minimum atomic E-state index is -3.41. The lowest BCUT2D eigenvalue weighted by Crippen LogP contribution is -2.21. The van der Waals surface area contributed by atoms with Gasteiger partial charge in [-0.05, 0) is 49.8 Å². The molecule has 0 saturated heterocycles. The number of carbonyl (C=O) groups is 2. The number of methoxy groups -OCH3 is 1. The van der Waals surface area contributed by atoms with Crippen LogP contribution in [0, 0.1) is 0 Å². The van der Waals surface area contributed by atoms with Gasteiger partial charge in [0.25, 0.3) is 5.91 Å². The van der Waals surface area contributed by atoms with Gasteiger partial charge in [-0.15, -0.1) is 0 Å². The first kappa shape index (κ1) is 24.1. The predicted octanol–water partition coefficient (Wildman–Crippen LogP) is 3.34. The molecule has 10 nitrogen and oxygen atoms in total. The molecule has 182 valence electrons. The Morgan fingerprint density at radius 1 is 1.17 bits per heavy atom. The number of hydrogen-bond donors (Lipinski definition) is 1. The fourth-order valence-corrected chi connectivity index (χ4v) is 4.41. The molecule has 1 N–H and O–H groups in total. The van der Waals surface area contributed by atoms with Crippen LogP contribution in [-0.2, 0) is 24.3 Å². The predicted molar refractivity (Wildman–Crippen MR) is 135 cm³/mol. The van der Waals surface area contributed by atoms with Crippen molar-refractivity contribution in [3.05, 3.63) is 59.8 Å². The quantitative estimate of drug-likeness (QED) is 0.396. The number of carbonyl (C=O) groups excluding carboxylic acids is 2. The fourth-order valence-electron chi connectivity index (χ4n) is 3.85. The van der Waals surface area contributed by atoms with Crippen molar-refractivity contribution in [3.63, 3.8) is 0 Å². The Labute approximate surface area is 202 Å². The topological polar surface area (TPSA) is 123 Å². The molecule has 1 unspecified atom stereocenters. The molecule has 0 aliphatic carbocycles. The summed E-state index contributed by atoms with van der Waals surface area (Å²) < 4.78 is 31.7. The van der Waals surface area contributed by atoms with Gasteiger partial charge in [0.2, 0.25) is 10.0 Å². The van der Waals surface area contributed by atoms with Crippen LogP contribution in [-0.4, -0.2) is 49.2 Å². The van der Waals surface area contributed by atoms with Crippen molar-refractivity contribution in [2.24, 2.45) is 5.10 Å². The largest absolute Gasteiger partial charge is 0.467 e. The Hall–Kier alpha value is -3.99. The summed E-state index contributed by atoms with van der Waals surface area (Å²) in [6.07, 6.45) is 3.27. The highest BCUT2D eigenvalue weighted by atomic mass is 32.2. The van der Waals surface area contributed by atoms with Gasteiger partial charge < -0.3 is 4.74 Å². The average molecular weight is 496 g/mol. The molecule has 1 aliphatic heterocycles. The van der Waals surface area contributed by atoms with E-state index in [1.807, 2.05) is 31.2 Å². The average Bonchev–Trinajstić information content (AvgIpc) is 3.35. The molecular formula is C24H25N5O5S. The van der Waals surface area contributed by atoms with E-state index in [-0.39, 0.29) is 5.91 Å². The number of para-hydroxylation sites is 1. The highest BCUT2D eigenvalue weighted by Crippen LogP contribution is 2.30. The zero-order valence-corrected chi connectivity index (χ0v) is 20.5. The van der Waals surface area contributed by atoms with Crippen LogP contribution in [0.15, 0.2) is 59.2 Å². The van der Waals surface area contributed by atoms with E-state index < -0.39 is 22.0 Å². The van der Waals surface area contributed by atoms with Crippen molar-refractivity contribution < 1.29 is 22.7 Å². The van der Waals surface area contributed by atoms with Gasteiger partial charge in [0.1, 0.15) is 6.04 Å². The maximum Gasteiger partial charge on any atom is 0.330 e. The fraction of sp³-hybridized carbons (Fsp3) is 0.250. The van der Waals surface area contributed by atoms with Crippen LogP contribution in [0.3, 0.4) is 0 Å². The smallest absolute Gasteiger partial charge is 0.330 e. The molecule has 0 bridgehead atoms. The van der Waals surface area contributed by atoms with Crippen LogP contribution in [0.5, 0.6) is 0 Å². The summed E-state index contributed by atoms with van der Waals surface area (Å²) in [4.78, 5) is 25.5. The second-order valence-electron chi connectivity index (χ2n) is 8.04. The van der Waals surface area contributed by atoms with Crippen LogP contribution in [0.1, 0.15) is 32.0 Å². The summed E-state index contributed by atoms with van der Waals surface area (Å²) in [5.41, 5.74) is 3.15. The first-order valence-electron chi connectivity index (χ1n) is 10.9. The monoisotopic (exact) mass is 495 g/mol.